The molecule has 6 nitrogen and oxygen atoms in total. The van der Waals surface area contributed by atoms with E-state index in [9.17, 15) is 9.59 Å². The molecule has 28 heavy (non-hydrogen) atoms. The number of rotatable bonds is 5. The molecule has 0 aliphatic rings. The molecule has 0 aliphatic heterocycles. The van der Waals surface area contributed by atoms with Crippen LogP contribution < -0.4 is 20.1 Å². The maximum absolute atomic E-state index is 12.1. The van der Waals surface area contributed by atoms with E-state index >= 15 is 0 Å². The number of carbonyl (C=O) groups excluding carboxylic acids is 2. The van der Waals surface area contributed by atoms with Gasteiger partial charge in [-0.05, 0) is 54.6 Å². The number of hydrogen-bond donors (Lipinski definition) is 2. The van der Waals surface area contributed by atoms with E-state index < -0.39 is 11.8 Å². The van der Waals surface area contributed by atoms with Crippen molar-refractivity contribution >= 4 is 34.8 Å². The summed E-state index contributed by atoms with van der Waals surface area (Å²) < 4.78 is 10.7. The molecule has 0 bridgehead atoms. The molecule has 3 aromatic carbocycles. The number of carbonyl (C=O) groups is 2. The van der Waals surface area contributed by atoms with Crippen LogP contribution in [0.4, 0.5) is 11.4 Å². The second kappa shape index (κ2) is 8.92. The molecule has 3 rings (SSSR count). The van der Waals surface area contributed by atoms with Crippen molar-refractivity contribution in [2.75, 3.05) is 17.7 Å². The molecule has 142 valence electrons. The van der Waals surface area contributed by atoms with Crippen molar-refractivity contribution in [1.82, 2.24) is 0 Å². The van der Waals surface area contributed by atoms with Crippen molar-refractivity contribution in [3.63, 3.8) is 0 Å². The highest BCUT2D eigenvalue weighted by Crippen LogP contribution is 2.27. The quantitative estimate of drug-likeness (QED) is 0.612. The Morgan fingerprint density at radius 1 is 0.786 bits per heavy atom. The van der Waals surface area contributed by atoms with Gasteiger partial charge in [-0.1, -0.05) is 29.8 Å². The van der Waals surface area contributed by atoms with Crippen LogP contribution in [-0.4, -0.2) is 18.9 Å². The van der Waals surface area contributed by atoms with E-state index in [1.807, 2.05) is 30.3 Å². The monoisotopic (exact) mass is 396 g/mol. The molecule has 0 radical (unpaired) electrons. The molecule has 2 N–H and O–H groups in total. The Labute approximate surface area is 167 Å². The molecule has 0 saturated heterocycles. The Bertz CT molecular complexity index is 975. The second-order valence-electron chi connectivity index (χ2n) is 5.70. The lowest BCUT2D eigenvalue weighted by molar-refractivity contribution is -0.132. The van der Waals surface area contributed by atoms with Crippen LogP contribution >= 0.6 is 11.6 Å². The number of nitrogens with one attached hydrogen (secondary N) is 2. The summed E-state index contributed by atoms with van der Waals surface area (Å²) in [4.78, 5) is 24.2. The summed E-state index contributed by atoms with van der Waals surface area (Å²) in [6, 6.07) is 20.7. The highest BCUT2D eigenvalue weighted by Gasteiger charge is 2.15. The summed E-state index contributed by atoms with van der Waals surface area (Å²) in [6.45, 7) is 0. The van der Waals surface area contributed by atoms with Gasteiger partial charge in [0.15, 0.2) is 0 Å². The van der Waals surface area contributed by atoms with Gasteiger partial charge in [-0.15, -0.1) is 0 Å². The van der Waals surface area contributed by atoms with Crippen LogP contribution in [0.25, 0.3) is 0 Å². The molecule has 0 atom stereocenters. The fourth-order valence-corrected chi connectivity index (χ4v) is 2.61. The first-order valence-electron chi connectivity index (χ1n) is 8.34. The number of hydrogen-bond acceptors (Lipinski definition) is 4. The number of halogens is 1. The number of methoxy groups -OCH3 is 1. The van der Waals surface area contributed by atoms with E-state index in [4.69, 9.17) is 21.1 Å². The van der Waals surface area contributed by atoms with E-state index in [2.05, 4.69) is 10.6 Å². The molecule has 0 aliphatic carbocycles. The second-order valence-corrected chi connectivity index (χ2v) is 6.10. The molecule has 0 saturated carbocycles. The normalized spacial score (nSPS) is 10.1. The summed E-state index contributed by atoms with van der Waals surface area (Å²) in [5, 5.41) is 5.34. The van der Waals surface area contributed by atoms with E-state index in [1.165, 1.54) is 13.2 Å². The Morgan fingerprint density at radius 2 is 1.36 bits per heavy atom. The van der Waals surface area contributed by atoms with Crippen molar-refractivity contribution in [3.05, 3.63) is 77.8 Å². The minimum absolute atomic E-state index is 0.328. The van der Waals surface area contributed by atoms with Crippen molar-refractivity contribution in [2.45, 2.75) is 0 Å². The predicted octanol–water partition coefficient (Wildman–Crippen LogP) is 4.72. The molecule has 0 fully saturated rings. The Morgan fingerprint density at radius 3 is 1.96 bits per heavy atom. The predicted molar refractivity (Wildman–Crippen MR) is 108 cm³/mol. The number of benzene rings is 3. The van der Waals surface area contributed by atoms with Crippen molar-refractivity contribution in [1.29, 1.82) is 0 Å². The van der Waals surface area contributed by atoms with Crippen LogP contribution in [0.5, 0.6) is 17.2 Å². The molecule has 2 amide bonds. The highest BCUT2D eigenvalue weighted by atomic mass is 35.5. The lowest BCUT2D eigenvalue weighted by atomic mass is 10.3. The third-order valence-corrected chi connectivity index (χ3v) is 4.00. The van der Waals surface area contributed by atoms with E-state index in [0.717, 1.165) is 0 Å². The van der Waals surface area contributed by atoms with Crippen LogP contribution in [0.3, 0.4) is 0 Å². The molecule has 0 spiro atoms. The number of anilines is 2. The fraction of sp³-hybridized carbons (Fsp3) is 0.0476. The Kier molecular flexibility index (Phi) is 6.14. The Hall–Kier alpha value is -3.51. The maximum Gasteiger partial charge on any atom is 0.314 e. The zero-order valence-corrected chi connectivity index (χ0v) is 15.7. The molecule has 0 unspecified atom stereocenters. The summed E-state index contributed by atoms with van der Waals surface area (Å²) in [6.07, 6.45) is 0. The lowest BCUT2D eigenvalue weighted by Gasteiger charge is -2.09. The molecular formula is C21H17ClN2O4. The van der Waals surface area contributed by atoms with E-state index in [0.29, 0.717) is 33.6 Å². The third-order valence-electron chi connectivity index (χ3n) is 3.71. The van der Waals surface area contributed by atoms with Gasteiger partial charge in [-0.3, -0.25) is 9.59 Å². The van der Waals surface area contributed by atoms with Gasteiger partial charge in [0.2, 0.25) is 0 Å². The van der Waals surface area contributed by atoms with Gasteiger partial charge in [0.05, 0.1) is 12.1 Å². The van der Waals surface area contributed by atoms with Crippen LogP contribution in [0.15, 0.2) is 72.8 Å². The van der Waals surface area contributed by atoms with Crippen molar-refractivity contribution < 1.29 is 19.1 Å². The smallest absolute Gasteiger partial charge is 0.314 e. The first kappa shape index (κ1) is 19.3. The number of amides is 2. The Balaban J connectivity index is 1.57. The highest BCUT2D eigenvalue weighted by molar-refractivity contribution is 6.43. The number of para-hydroxylation sites is 1. The summed E-state index contributed by atoms with van der Waals surface area (Å²) >= 11 is 6.01. The average Bonchev–Trinajstić information content (AvgIpc) is 2.70. The van der Waals surface area contributed by atoms with E-state index in [1.54, 1.807) is 36.4 Å². The van der Waals surface area contributed by atoms with Crippen LogP contribution in [0.2, 0.25) is 5.02 Å². The molecule has 0 heterocycles. The van der Waals surface area contributed by atoms with Gasteiger partial charge in [-0.2, -0.15) is 0 Å². The van der Waals surface area contributed by atoms with Gasteiger partial charge in [0.25, 0.3) is 0 Å². The first-order valence-corrected chi connectivity index (χ1v) is 8.72. The van der Waals surface area contributed by atoms with Crippen molar-refractivity contribution in [3.8, 4) is 17.2 Å². The zero-order valence-electron chi connectivity index (χ0n) is 14.9. The standard InChI is InChI=1S/C21H17ClN2O4/c1-27-19-12-9-15(13-18(19)22)24-21(26)20(25)23-14-7-10-17(11-8-14)28-16-5-3-2-4-6-16/h2-13H,1H3,(H,23,25)(H,24,26). The maximum atomic E-state index is 12.1. The lowest BCUT2D eigenvalue weighted by Crippen LogP contribution is -2.29. The van der Waals surface area contributed by atoms with Crippen LogP contribution in [-0.2, 0) is 9.59 Å². The fourth-order valence-electron chi connectivity index (χ4n) is 2.35. The molecule has 3 aromatic rings. The molecular weight excluding hydrogens is 380 g/mol. The zero-order chi connectivity index (χ0) is 19.9. The van der Waals surface area contributed by atoms with Gasteiger partial charge in [0.1, 0.15) is 17.2 Å². The minimum atomic E-state index is -0.814. The van der Waals surface area contributed by atoms with Crippen LogP contribution in [0, 0.1) is 0 Å². The third kappa shape index (κ3) is 5.02. The molecule has 0 aromatic heterocycles. The average molecular weight is 397 g/mol. The van der Waals surface area contributed by atoms with Crippen molar-refractivity contribution in [2.24, 2.45) is 0 Å². The summed E-state index contributed by atoms with van der Waals surface area (Å²) in [5.41, 5.74) is 0.853. The minimum Gasteiger partial charge on any atom is -0.495 e. The summed E-state index contributed by atoms with van der Waals surface area (Å²) in [7, 11) is 1.49. The topological polar surface area (TPSA) is 76.7 Å². The van der Waals surface area contributed by atoms with Crippen LogP contribution in [0.1, 0.15) is 0 Å². The van der Waals surface area contributed by atoms with Gasteiger partial charge < -0.3 is 20.1 Å². The largest absolute Gasteiger partial charge is 0.495 e. The van der Waals surface area contributed by atoms with Gasteiger partial charge in [-0.25, -0.2) is 0 Å². The molecule has 7 heteroatoms. The van der Waals surface area contributed by atoms with Gasteiger partial charge >= 0.3 is 11.8 Å². The number of ether oxygens (including phenoxy) is 2. The summed E-state index contributed by atoms with van der Waals surface area (Å²) in [5.74, 6) is 0.176. The van der Waals surface area contributed by atoms with E-state index in [-0.39, 0.29) is 0 Å². The van der Waals surface area contributed by atoms with Gasteiger partial charge in [0, 0.05) is 11.4 Å². The first-order chi connectivity index (χ1) is 13.5. The SMILES string of the molecule is COc1ccc(NC(=O)C(=O)Nc2ccc(Oc3ccccc3)cc2)cc1Cl.